The monoisotopic (exact) mass is 277 g/mol. The number of aromatic nitrogens is 2. The Balaban J connectivity index is 1.76. The van der Waals surface area contributed by atoms with E-state index in [-0.39, 0.29) is 0 Å². The third-order valence-electron chi connectivity index (χ3n) is 2.20. The first-order valence-electron chi connectivity index (χ1n) is 4.65. The van der Waals surface area contributed by atoms with Crippen molar-refractivity contribution in [2.75, 3.05) is 25.1 Å². The summed E-state index contributed by atoms with van der Waals surface area (Å²) in [5.41, 5.74) is 0. The number of nitrogens with one attached hydrogen (secondary N) is 1. The SMILES string of the molecule is Brc1nnc(NCC2CCCOC2)s1. The molecule has 6 heteroatoms. The van der Waals surface area contributed by atoms with Crippen molar-refractivity contribution in [3.8, 4) is 0 Å². The summed E-state index contributed by atoms with van der Waals surface area (Å²) in [4.78, 5) is 0. The van der Waals surface area contributed by atoms with E-state index in [4.69, 9.17) is 4.74 Å². The summed E-state index contributed by atoms with van der Waals surface area (Å²) < 4.78 is 6.21. The molecule has 1 N–H and O–H groups in total. The van der Waals surface area contributed by atoms with Gasteiger partial charge in [0.25, 0.3) is 0 Å². The van der Waals surface area contributed by atoms with Gasteiger partial charge in [-0.15, -0.1) is 10.2 Å². The van der Waals surface area contributed by atoms with Crippen LogP contribution in [-0.2, 0) is 4.74 Å². The van der Waals surface area contributed by atoms with Crippen LogP contribution in [-0.4, -0.2) is 30.0 Å². The Morgan fingerprint density at radius 3 is 3.14 bits per heavy atom. The van der Waals surface area contributed by atoms with Crippen molar-refractivity contribution in [3.63, 3.8) is 0 Å². The molecule has 0 saturated carbocycles. The molecule has 1 atom stereocenters. The van der Waals surface area contributed by atoms with Crippen LogP contribution in [0.1, 0.15) is 12.8 Å². The molecule has 0 radical (unpaired) electrons. The van der Waals surface area contributed by atoms with Gasteiger partial charge < -0.3 is 10.1 Å². The van der Waals surface area contributed by atoms with Gasteiger partial charge in [-0.3, -0.25) is 0 Å². The van der Waals surface area contributed by atoms with Crippen molar-refractivity contribution in [3.05, 3.63) is 3.92 Å². The lowest BCUT2D eigenvalue weighted by Crippen LogP contribution is -2.24. The van der Waals surface area contributed by atoms with Gasteiger partial charge in [-0.25, -0.2) is 0 Å². The van der Waals surface area contributed by atoms with Gasteiger partial charge in [-0.2, -0.15) is 0 Å². The van der Waals surface area contributed by atoms with Gasteiger partial charge >= 0.3 is 0 Å². The fraction of sp³-hybridized carbons (Fsp3) is 0.750. The molecular weight excluding hydrogens is 266 g/mol. The van der Waals surface area contributed by atoms with Crippen LogP contribution in [0.4, 0.5) is 5.13 Å². The van der Waals surface area contributed by atoms with E-state index in [9.17, 15) is 0 Å². The molecular formula is C8H12BrN3OS. The van der Waals surface area contributed by atoms with Gasteiger partial charge in [-0.1, -0.05) is 11.3 Å². The first-order chi connectivity index (χ1) is 6.84. The van der Waals surface area contributed by atoms with Crippen LogP contribution in [0.15, 0.2) is 3.92 Å². The topological polar surface area (TPSA) is 47.0 Å². The third-order valence-corrected chi connectivity index (χ3v) is 3.51. The Bertz CT molecular complexity index is 288. The van der Waals surface area contributed by atoms with Crippen LogP contribution >= 0.6 is 27.3 Å². The second kappa shape index (κ2) is 5.04. The molecule has 1 aromatic rings. The number of anilines is 1. The number of nitrogens with zero attached hydrogens (tertiary/aromatic N) is 2. The molecule has 0 aliphatic carbocycles. The Hall–Kier alpha value is -0.200. The molecule has 1 aliphatic rings. The summed E-state index contributed by atoms with van der Waals surface area (Å²) >= 11 is 4.80. The van der Waals surface area contributed by atoms with Crippen LogP contribution < -0.4 is 5.32 Å². The van der Waals surface area contributed by atoms with Crippen LogP contribution in [0.25, 0.3) is 0 Å². The summed E-state index contributed by atoms with van der Waals surface area (Å²) in [5, 5.41) is 12.0. The van der Waals surface area contributed by atoms with Gasteiger partial charge in [0.15, 0.2) is 3.92 Å². The molecule has 0 aromatic carbocycles. The van der Waals surface area contributed by atoms with Gasteiger partial charge in [-0.05, 0) is 34.7 Å². The summed E-state index contributed by atoms with van der Waals surface area (Å²) in [5.74, 6) is 0.617. The van der Waals surface area contributed by atoms with E-state index in [1.807, 2.05) is 0 Å². The van der Waals surface area contributed by atoms with Crippen molar-refractivity contribution in [2.24, 2.45) is 5.92 Å². The predicted molar refractivity (Wildman–Crippen MR) is 59.6 cm³/mol. The predicted octanol–water partition coefficient (Wildman–Crippen LogP) is 2.14. The highest BCUT2D eigenvalue weighted by atomic mass is 79.9. The highest BCUT2D eigenvalue weighted by Gasteiger charge is 2.14. The maximum Gasteiger partial charge on any atom is 0.206 e. The van der Waals surface area contributed by atoms with E-state index in [0.717, 1.165) is 28.8 Å². The molecule has 1 aliphatic heterocycles. The van der Waals surface area contributed by atoms with Crippen LogP contribution in [0.5, 0.6) is 0 Å². The fourth-order valence-electron chi connectivity index (χ4n) is 1.48. The molecule has 1 fully saturated rings. The molecule has 14 heavy (non-hydrogen) atoms. The van der Waals surface area contributed by atoms with E-state index in [0.29, 0.717) is 5.92 Å². The Labute approximate surface area is 95.2 Å². The number of hydrogen-bond acceptors (Lipinski definition) is 5. The largest absolute Gasteiger partial charge is 0.381 e. The normalized spacial score (nSPS) is 22.2. The third kappa shape index (κ3) is 2.90. The van der Waals surface area contributed by atoms with Crippen molar-refractivity contribution >= 4 is 32.4 Å². The van der Waals surface area contributed by atoms with E-state index in [2.05, 4.69) is 31.4 Å². The second-order valence-electron chi connectivity index (χ2n) is 3.32. The zero-order chi connectivity index (χ0) is 9.80. The minimum atomic E-state index is 0.617. The second-order valence-corrected chi connectivity index (χ2v) is 5.58. The Kier molecular flexibility index (Phi) is 3.72. The lowest BCUT2D eigenvalue weighted by molar-refractivity contribution is 0.0595. The van der Waals surface area contributed by atoms with Gasteiger partial charge in [0.1, 0.15) is 0 Å². The van der Waals surface area contributed by atoms with E-state index >= 15 is 0 Å². The van der Waals surface area contributed by atoms with Crippen molar-refractivity contribution in [1.82, 2.24) is 10.2 Å². The number of halogens is 1. The van der Waals surface area contributed by atoms with Gasteiger partial charge in [0.2, 0.25) is 5.13 Å². The molecule has 78 valence electrons. The quantitative estimate of drug-likeness (QED) is 0.920. The molecule has 1 unspecified atom stereocenters. The average molecular weight is 278 g/mol. The summed E-state index contributed by atoms with van der Waals surface area (Å²) in [6.45, 7) is 2.72. The van der Waals surface area contributed by atoms with Gasteiger partial charge in [0, 0.05) is 13.2 Å². The molecule has 0 spiro atoms. The molecule has 0 bridgehead atoms. The highest BCUT2D eigenvalue weighted by molar-refractivity contribution is 9.11. The molecule has 1 saturated heterocycles. The zero-order valence-corrected chi connectivity index (χ0v) is 10.1. The molecule has 1 aromatic heterocycles. The van der Waals surface area contributed by atoms with Crippen LogP contribution in [0.2, 0.25) is 0 Å². The summed E-state index contributed by atoms with van der Waals surface area (Å²) in [7, 11) is 0. The first-order valence-corrected chi connectivity index (χ1v) is 6.26. The molecule has 2 heterocycles. The molecule has 2 rings (SSSR count). The van der Waals surface area contributed by atoms with Crippen LogP contribution in [0, 0.1) is 5.92 Å². The number of hydrogen-bond donors (Lipinski definition) is 1. The number of rotatable bonds is 3. The maximum absolute atomic E-state index is 5.39. The lowest BCUT2D eigenvalue weighted by Gasteiger charge is -2.21. The first kappa shape index (κ1) is 10.3. The number of ether oxygens (including phenoxy) is 1. The summed E-state index contributed by atoms with van der Waals surface area (Å²) in [6.07, 6.45) is 2.42. The van der Waals surface area contributed by atoms with Crippen molar-refractivity contribution in [1.29, 1.82) is 0 Å². The summed E-state index contributed by atoms with van der Waals surface area (Å²) in [6, 6.07) is 0. The standard InChI is InChI=1S/C8H12BrN3OS/c9-7-11-12-8(14-7)10-4-6-2-1-3-13-5-6/h6H,1-5H2,(H,10,12). The fourth-order valence-corrected chi connectivity index (χ4v) is 2.49. The highest BCUT2D eigenvalue weighted by Crippen LogP contribution is 2.21. The molecule has 4 nitrogen and oxygen atoms in total. The minimum Gasteiger partial charge on any atom is -0.381 e. The minimum absolute atomic E-state index is 0.617. The Morgan fingerprint density at radius 1 is 1.57 bits per heavy atom. The van der Waals surface area contributed by atoms with Gasteiger partial charge in [0.05, 0.1) is 6.61 Å². The smallest absolute Gasteiger partial charge is 0.206 e. The Morgan fingerprint density at radius 2 is 2.50 bits per heavy atom. The maximum atomic E-state index is 5.39. The average Bonchev–Trinajstić information content (AvgIpc) is 2.63. The molecule has 0 amide bonds. The van der Waals surface area contributed by atoms with E-state index < -0.39 is 0 Å². The zero-order valence-electron chi connectivity index (χ0n) is 7.70. The van der Waals surface area contributed by atoms with E-state index in [1.54, 1.807) is 0 Å². The van der Waals surface area contributed by atoms with E-state index in [1.165, 1.54) is 24.2 Å². The van der Waals surface area contributed by atoms with Crippen LogP contribution in [0.3, 0.4) is 0 Å². The lowest BCUT2D eigenvalue weighted by atomic mass is 10.0. The van der Waals surface area contributed by atoms with Crippen molar-refractivity contribution < 1.29 is 4.74 Å². The van der Waals surface area contributed by atoms with Crippen molar-refractivity contribution in [2.45, 2.75) is 12.8 Å².